The average molecular weight is 220 g/mol. The van der Waals surface area contributed by atoms with Crippen molar-refractivity contribution in [1.82, 2.24) is 0 Å². The van der Waals surface area contributed by atoms with Crippen molar-refractivity contribution in [3.8, 4) is 5.75 Å². The molecule has 0 radical (unpaired) electrons. The van der Waals surface area contributed by atoms with E-state index in [-0.39, 0.29) is 0 Å². The van der Waals surface area contributed by atoms with E-state index in [9.17, 15) is 18.0 Å². The predicted octanol–water partition coefficient (Wildman–Crippen LogP) is 2.13. The van der Waals surface area contributed by atoms with Gasteiger partial charge in [-0.1, -0.05) is 18.2 Å². The summed E-state index contributed by atoms with van der Waals surface area (Å²) in [6, 6.07) is 8.00. The molecule has 0 heterocycles. The number of rotatable bonds is 3. The molecule has 0 amide bonds. The van der Waals surface area contributed by atoms with E-state index in [1.54, 1.807) is 18.2 Å². The van der Waals surface area contributed by atoms with Gasteiger partial charge in [-0.15, -0.1) is 13.2 Å². The summed E-state index contributed by atoms with van der Waals surface area (Å²) >= 11 is 0. The van der Waals surface area contributed by atoms with E-state index in [4.69, 9.17) is 4.74 Å². The highest BCUT2D eigenvalue weighted by Gasteiger charge is 2.33. The fraction of sp³-hybridized carbons (Fsp3) is 0.222. The first-order chi connectivity index (χ1) is 6.97. The standard InChI is InChI=1S/C9H7F3O3/c10-9(11,12)15-8(13)6-14-7-4-2-1-3-5-7/h1-5H,6H2. The van der Waals surface area contributed by atoms with Crippen LogP contribution in [0, 0.1) is 0 Å². The number of ether oxygens (including phenoxy) is 2. The Morgan fingerprint density at radius 3 is 2.33 bits per heavy atom. The number of hydrogen-bond donors (Lipinski definition) is 0. The van der Waals surface area contributed by atoms with Crippen LogP contribution < -0.4 is 4.74 Å². The van der Waals surface area contributed by atoms with Gasteiger partial charge in [0.05, 0.1) is 0 Å². The third-order valence-electron chi connectivity index (χ3n) is 1.33. The van der Waals surface area contributed by atoms with Crippen LogP contribution in [0.25, 0.3) is 0 Å². The van der Waals surface area contributed by atoms with Gasteiger partial charge in [0.15, 0.2) is 6.61 Å². The minimum absolute atomic E-state index is 0.302. The van der Waals surface area contributed by atoms with Gasteiger partial charge < -0.3 is 9.47 Å². The molecule has 82 valence electrons. The SMILES string of the molecule is O=C(COc1ccccc1)OC(F)(F)F. The number of esters is 1. The van der Waals surface area contributed by atoms with E-state index in [1.807, 2.05) is 0 Å². The summed E-state index contributed by atoms with van der Waals surface area (Å²) in [4.78, 5) is 10.6. The zero-order valence-electron chi connectivity index (χ0n) is 7.45. The summed E-state index contributed by atoms with van der Waals surface area (Å²) < 4.78 is 42.4. The molecular weight excluding hydrogens is 213 g/mol. The molecule has 0 aromatic heterocycles. The Morgan fingerprint density at radius 2 is 1.80 bits per heavy atom. The van der Waals surface area contributed by atoms with Crippen LogP contribution in [-0.2, 0) is 9.53 Å². The van der Waals surface area contributed by atoms with Crippen molar-refractivity contribution in [3.63, 3.8) is 0 Å². The number of carbonyl (C=O) groups excluding carboxylic acids is 1. The Kier molecular flexibility index (Phi) is 3.54. The minimum atomic E-state index is -4.96. The monoisotopic (exact) mass is 220 g/mol. The van der Waals surface area contributed by atoms with Gasteiger partial charge in [0, 0.05) is 0 Å². The van der Waals surface area contributed by atoms with Crippen LogP contribution in [0.2, 0.25) is 0 Å². The van der Waals surface area contributed by atoms with Crippen molar-refractivity contribution in [2.24, 2.45) is 0 Å². The smallest absolute Gasteiger partial charge is 0.482 e. The van der Waals surface area contributed by atoms with Crippen LogP contribution in [0.5, 0.6) is 5.75 Å². The van der Waals surface area contributed by atoms with E-state index in [0.29, 0.717) is 5.75 Å². The van der Waals surface area contributed by atoms with Crippen LogP contribution in [0.1, 0.15) is 0 Å². The molecule has 0 aliphatic rings. The number of benzene rings is 1. The molecule has 0 atom stereocenters. The lowest BCUT2D eigenvalue weighted by Crippen LogP contribution is -2.24. The van der Waals surface area contributed by atoms with Gasteiger partial charge in [0.2, 0.25) is 0 Å². The van der Waals surface area contributed by atoms with Crippen molar-refractivity contribution >= 4 is 5.97 Å². The molecule has 15 heavy (non-hydrogen) atoms. The van der Waals surface area contributed by atoms with E-state index in [0.717, 1.165) is 0 Å². The number of carbonyl (C=O) groups is 1. The number of hydrogen-bond acceptors (Lipinski definition) is 3. The number of halogens is 3. The molecule has 6 heteroatoms. The van der Waals surface area contributed by atoms with Gasteiger partial charge in [-0.05, 0) is 12.1 Å². The van der Waals surface area contributed by atoms with Crippen molar-refractivity contribution in [2.45, 2.75) is 6.36 Å². The van der Waals surface area contributed by atoms with E-state index in [1.165, 1.54) is 12.1 Å². The first-order valence-corrected chi connectivity index (χ1v) is 3.94. The molecule has 1 rings (SSSR count). The van der Waals surface area contributed by atoms with Gasteiger partial charge in [-0.3, -0.25) is 0 Å². The van der Waals surface area contributed by atoms with Gasteiger partial charge in [0.25, 0.3) is 0 Å². The van der Waals surface area contributed by atoms with Gasteiger partial charge >= 0.3 is 12.3 Å². The van der Waals surface area contributed by atoms with Crippen molar-refractivity contribution in [1.29, 1.82) is 0 Å². The molecule has 0 saturated heterocycles. The molecule has 0 spiro atoms. The van der Waals surface area contributed by atoms with Crippen molar-refractivity contribution in [2.75, 3.05) is 6.61 Å². The van der Waals surface area contributed by atoms with Gasteiger partial charge in [-0.2, -0.15) is 0 Å². The molecule has 0 unspecified atom stereocenters. The van der Waals surface area contributed by atoms with E-state index in [2.05, 4.69) is 4.74 Å². The average Bonchev–Trinajstić information content (AvgIpc) is 2.14. The van der Waals surface area contributed by atoms with Gasteiger partial charge in [0.1, 0.15) is 5.75 Å². The Hall–Kier alpha value is -1.72. The molecule has 1 aromatic rings. The summed E-state index contributed by atoms with van der Waals surface area (Å²) in [5, 5.41) is 0. The van der Waals surface area contributed by atoms with Crippen LogP contribution in [0.15, 0.2) is 30.3 Å². The summed E-state index contributed by atoms with van der Waals surface area (Å²) in [5.41, 5.74) is 0. The second-order valence-electron chi connectivity index (χ2n) is 2.52. The fourth-order valence-corrected chi connectivity index (χ4v) is 0.818. The second kappa shape index (κ2) is 4.68. The Labute approximate surface area is 83.4 Å². The first kappa shape index (κ1) is 11.4. The van der Waals surface area contributed by atoms with Crippen LogP contribution >= 0.6 is 0 Å². The zero-order chi connectivity index (χ0) is 11.3. The van der Waals surface area contributed by atoms with E-state index < -0.39 is 18.9 Å². The van der Waals surface area contributed by atoms with Crippen LogP contribution in [0.3, 0.4) is 0 Å². The largest absolute Gasteiger partial charge is 0.575 e. The van der Waals surface area contributed by atoms with Crippen LogP contribution in [0.4, 0.5) is 13.2 Å². The summed E-state index contributed by atoms with van der Waals surface area (Å²) in [6.07, 6.45) is -4.96. The van der Waals surface area contributed by atoms with Crippen molar-refractivity contribution < 1.29 is 27.4 Å². The highest BCUT2D eigenvalue weighted by atomic mass is 19.4. The highest BCUT2D eigenvalue weighted by molar-refractivity contribution is 5.71. The lowest BCUT2D eigenvalue weighted by atomic mass is 10.3. The number of alkyl halides is 3. The molecule has 0 aliphatic carbocycles. The molecule has 0 fully saturated rings. The second-order valence-corrected chi connectivity index (χ2v) is 2.52. The predicted molar refractivity (Wildman–Crippen MR) is 44.1 cm³/mol. The summed E-state index contributed by atoms with van der Waals surface area (Å²) in [7, 11) is 0. The van der Waals surface area contributed by atoms with Gasteiger partial charge in [-0.25, -0.2) is 4.79 Å². The van der Waals surface area contributed by atoms with Crippen LogP contribution in [-0.4, -0.2) is 18.9 Å². The zero-order valence-corrected chi connectivity index (χ0v) is 7.45. The maximum absolute atomic E-state index is 11.5. The molecular formula is C9H7F3O3. The molecule has 3 nitrogen and oxygen atoms in total. The lowest BCUT2D eigenvalue weighted by molar-refractivity contribution is -0.306. The Morgan fingerprint density at radius 1 is 1.20 bits per heavy atom. The fourth-order valence-electron chi connectivity index (χ4n) is 0.818. The molecule has 0 aliphatic heterocycles. The third-order valence-corrected chi connectivity index (χ3v) is 1.33. The first-order valence-electron chi connectivity index (χ1n) is 3.94. The minimum Gasteiger partial charge on any atom is -0.482 e. The maximum atomic E-state index is 11.5. The van der Waals surface area contributed by atoms with E-state index >= 15 is 0 Å². The normalized spacial score (nSPS) is 10.9. The maximum Gasteiger partial charge on any atom is 0.575 e. The molecule has 0 N–H and O–H groups in total. The van der Waals surface area contributed by atoms with Crippen molar-refractivity contribution in [3.05, 3.63) is 30.3 Å². The summed E-state index contributed by atoms with van der Waals surface area (Å²) in [6.45, 7) is -0.774. The number of para-hydroxylation sites is 1. The highest BCUT2D eigenvalue weighted by Crippen LogP contribution is 2.16. The Balaban J connectivity index is 2.35. The summed E-state index contributed by atoms with van der Waals surface area (Å²) in [5.74, 6) is -1.18. The third kappa shape index (κ3) is 4.90. The quantitative estimate of drug-likeness (QED) is 0.732. The molecule has 1 aromatic carbocycles. The molecule has 0 bridgehead atoms. The Bertz CT molecular complexity index is 321. The molecule has 0 saturated carbocycles. The lowest BCUT2D eigenvalue weighted by Gasteiger charge is -2.08. The topological polar surface area (TPSA) is 35.5 Å².